The summed E-state index contributed by atoms with van der Waals surface area (Å²) in [6.07, 6.45) is 2.76. The van der Waals surface area contributed by atoms with E-state index in [0.717, 1.165) is 71.8 Å². The van der Waals surface area contributed by atoms with Gasteiger partial charge in [-0.15, -0.1) is 0 Å². The lowest BCUT2D eigenvalue weighted by Gasteiger charge is -2.37. The predicted molar refractivity (Wildman–Crippen MR) is 137 cm³/mol. The fourth-order valence-electron chi connectivity index (χ4n) is 5.11. The highest BCUT2D eigenvalue weighted by atomic mass is 16.5. The van der Waals surface area contributed by atoms with E-state index in [9.17, 15) is 4.79 Å². The molecule has 2 N–H and O–H groups in total. The molecule has 2 fully saturated rings. The minimum atomic E-state index is -0.994. The molecular formula is C27H29N5O4. The summed E-state index contributed by atoms with van der Waals surface area (Å²) in [6.45, 7) is 5.51. The normalized spacial score (nSPS) is 18.9. The number of anilines is 1. The molecule has 2 aromatic carbocycles. The van der Waals surface area contributed by atoms with Crippen LogP contribution in [-0.4, -0.2) is 64.7 Å². The summed E-state index contributed by atoms with van der Waals surface area (Å²) in [4.78, 5) is 23.0. The van der Waals surface area contributed by atoms with Gasteiger partial charge in [-0.2, -0.15) is 0 Å². The van der Waals surface area contributed by atoms with Gasteiger partial charge < -0.3 is 24.8 Å². The smallest absolute Gasteiger partial charge is 0.404 e. The Bertz CT molecular complexity index is 1430. The molecule has 0 aliphatic carbocycles. The third-order valence-corrected chi connectivity index (χ3v) is 7.11. The fraction of sp³-hybridized carbons (Fsp3) is 0.370. The minimum absolute atomic E-state index is 0.0824. The van der Waals surface area contributed by atoms with E-state index < -0.39 is 6.09 Å². The van der Waals surface area contributed by atoms with Crippen molar-refractivity contribution < 1.29 is 19.4 Å². The summed E-state index contributed by atoms with van der Waals surface area (Å²) in [7, 11) is 0. The lowest BCUT2D eigenvalue weighted by atomic mass is 9.90. The third kappa shape index (κ3) is 4.19. The van der Waals surface area contributed by atoms with E-state index >= 15 is 0 Å². The number of para-hydroxylation sites is 1. The van der Waals surface area contributed by atoms with Crippen LogP contribution in [0.1, 0.15) is 19.8 Å². The fourth-order valence-corrected chi connectivity index (χ4v) is 5.11. The molecule has 1 unspecified atom stereocenters. The topological polar surface area (TPSA) is 102 Å². The second-order valence-corrected chi connectivity index (χ2v) is 10.1. The van der Waals surface area contributed by atoms with Crippen molar-refractivity contribution in [1.29, 1.82) is 0 Å². The summed E-state index contributed by atoms with van der Waals surface area (Å²) in [5, 5.41) is 12.7. The van der Waals surface area contributed by atoms with Crippen LogP contribution in [0.4, 0.5) is 10.5 Å². The summed E-state index contributed by atoms with van der Waals surface area (Å²) in [6, 6.07) is 16.3. The Morgan fingerprint density at radius 3 is 2.94 bits per heavy atom. The van der Waals surface area contributed by atoms with Crippen molar-refractivity contribution in [3.05, 3.63) is 54.9 Å². The summed E-state index contributed by atoms with van der Waals surface area (Å²) >= 11 is 0. The third-order valence-electron chi connectivity index (χ3n) is 7.11. The molecule has 186 valence electrons. The van der Waals surface area contributed by atoms with E-state index in [1.807, 2.05) is 34.9 Å². The zero-order chi connectivity index (χ0) is 24.7. The molecule has 2 aromatic heterocycles. The Hall–Kier alpha value is -3.85. The maximum atomic E-state index is 11.0. The molecule has 0 spiro atoms. The highest BCUT2D eigenvalue weighted by Gasteiger charge is 2.34. The van der Waals surface area contributed by atoms with Gasteiger partial charge in [0.15, 0.2) is 0 Å². The average molecular weight is 488 g/mol. The number of carbonyl (C=O) groups is 1. The van der Waals surface area contributed by atoms with Crippen LogP contribution in [0.3, 0.4) is 0 Å². The molecule has 6 rings (SSSR count). The van der Waals surface area contributed by atoms with E-state index in [0.29, 0.717) is 13.2 Å². The largest absolute Gasteiger partial charge is 0.493 e. The van der Waals surface area contributed by atoms with Gasteiger partial charge in [0, 0.05) is 36.0 Å². The van der Waals surface area contributed by atoms with Gasteiger partial charge in [0.1, 0.15) is 17.9 Å². The van der Waals surface area contributed by atoms with Gasteiger partial charge in [-0.1, -0.05) is 19.1 Å². The maximum Gasteiger partial charge on any atom is 0.404 e. The van der Waals surface area contributed by atoms with Crippen LogP contribution < -0.4 is 15.0 Å². The molecular weight excluding hydrogens is 458 g/mol. The molecule has 36 heavy (non-hydrogen) atoms. The molecule has 9 nitrogen and oxygen atoms in total. The van der Waals surface area contributed by atoms with E-state index in [1.54, 1.807) is 6.33 Å². The first-order valence-electron chi connectivity index (χ1n) is 12.3. The lowest BCUT2D eigenvalue weighted by molar-refractivity contribution is -0.120. The number of rotatable bonds is 7. The molecule has 0 bridgehead atoms. The van der Waals surface area contributed by atoms with Crippen molar-refractivity contribution in [3.8, 4) is 11.6 Å². The summed E-state index contributed by atoms with van der Waals surface area (Å²) in [5.41, 5.74) is 3.80. The number of ether oxygens (including phenoxy) is 2. The molecule has 9 heteroatoms. The number of hydrogen-bond donors (Lipinski definition) is 2. The van der Waals surface area contributed by atoms with E-state index in [-0.39, 0.29) is 11.5 Å². The second-order valence-electron chi connectivity index (χ2n) is 10.1. The zero-order valence-corrected chi connectivity index (χ0v) is 20.2. The Morgan fingerprint density at radius 2 is 2.14 bits per heavy atom. The van der Waals surface area contributed by atoms with Crippen molar-refractivity contribution in [1.82, 2.24) is 19.9 Å². The van der Waals surface area contributed by atoms with Crippen molar-refractivity contribution >= 4 is 33.7 Å². The molecule has 2 aliphatic rings. The number of nitrogens with one attached hydrogen (secondary N) is 1. The first kappa shape index (κ1) is 22.6. The van der Waals surface area contributed by atoms with E-state index in [1.165, 1.54) is 0 Å². The Kier molecular flexibility index (Phi) is 5.64. The van der Waals surface area contributed by atoms with Crippen molar-refractivity contribution in [3.63, 3.8) is 0 Å². The Labute approximate surface area is 208 Å². The van der Waals surface area contributed by atoms with Gasteiger partial charge in [-0.05, 0) is 43.2 Å². The molecule has 4 heterocycles. The Morgan fingerprint density at radius 1 is 1.25 bits per heavy atom. The first-order valence-corrected chi connectivity index (χ1v) is 12.3. The lowest BCUT2D eigenvalue weighted by Crippen LogP contribution is -2.44. The van der Waals surface area contributed by atoms with Crippen LogP contribution >= 0.6 is 0 Å². The minimum Gasteiger partial charge on any atom is -0.493 e. The van der Waals surface area contributed by atoms with Crippen LogP contribution in [0.25, 0.3) is 27.8 Å². The van der Waals surface area contributed by atoms with Crippen LogP contribution in [0.15, 0.2) is 54.9 Å². The quantitative estimate of drug-likeness (QED) is 0.402. The number of carboxylic acid groups (broad SMARTS) is 1. The maximum absolute atomic E-state index is 11.0. The number of aromatic nitrogens is 3. The number of nitrogens with zero attached hydrogens (tertiary/aromatic N) is 4. The summed E-state index contributed by atoms with van der Waals surface area (Å²) < 4.78 is 13.3. The van der Waals surface area contributed by atoms with Gasteiger partial charge in [0.25, 0.3) is 0 Å². The van der Waals surface area contributed by atoms with Crippen molar-refractivity contribution in [2.75, 3.05) is 37.8 Å². The Balaban J connectivity index is 1.30. The standard InChI is InChI=1S/C27H29N5O4/c1-27(14-35-15-27)16-36-20-8-9-22-21(12-20)29-17-32(22)24-10-7-18-4-2-6-23(25(18)30-24)31-11-3-5-19(31)13-28-26(33)34/h2,4,6-10,12,17,19,28H,3,5,11,13-16H2,1H3,(H,33,34). The second kappa shape index (κ2) is 8.98. The predicted octanol–water partition coefficient (Wildman–Crippen LogP) is 4.23. The summed E-state index contributed by atoms with van der Waals surface area (Å²) in [5.74, 6) is 1.58. The number of benzene rings is 2. The van der Waals surface area contributed by atoms with Crippen LogP contribution in [-0.2, 0) is 4.74 Å². The number of fused-ring (bicyclic) bond motifs is 2. The van der Waals surface area contributed by atoms with Gasteiger partial charge in [0.05, 0.1) is 42.1 Å². The monoisotopic (exact) mass is 487 g/mol. The number of pyridine rings is 1. The highest BCUT2D eigenvalue weighted by molar-refractivity contribution is 5.92. The molecule has 0 radical (unpaired) electrons. The van der Waals surface area contributed by atoms with Crippen molar-refractivity contribution in [2.45, 2.75) is 25.8 Å². The van der Waals surface area contributed by atoms with Crippen LogP contribution in [0.2, 0.25) is 0 Å². The molecule has 0 saturated carbocycles. The first-order chi connectivity index (χ1) is 17.5. The van der Waals surface area contributed by atoms with Gasteiger partial charge in [0.2, 0.25) is 0 Å². The molecule has 1 amide bonds. The highest BCUT2D eigenvalue weighted by Crippen LogP contribution is 2.33. The van der Waals surface area contributed by atoms with Gasteiger partial charge in [-0.3, -0.25) is 4.57 Å². The molecule has 4 aromatic rings. The number of hydrogen-bond acceptors (Lipinski definition) is 6. The number of imidazole rings is 1. The van der Waals surface area contributed by atoms with Crippen molar-refractivity contribution in [2.24, 2.45) is 5.41 Å². The number of amides is 1. The van der Waals surface area contributed by atoms with Crippen LogP contribution in [0.5, 0.6) is 5.75 Å². The van der Waals surface area contributed by atoms with Gasteiger partial charge >= 0.3 is 6.09 Å². The van der Waals surface area contributed by atoms with E-state index in [2.05, 4.69) is 40.3 Å². The molecule has 1 atom stereocenters. The average Bonchev–Trinajstić information content (AvgIpc) is 3.51. The zero-order valence-electron chi connectivity index (χ0n) is 20.2. The SMILES string of the molecule is CC1(COc2ccc3c(c2)ncn3-c2ccc3cccc(N4CCCC4CNC(=O)O)c3n2)COC1. The molecule has 2 aliphatic heterocycles. The van der Waals surface area contributed by atoms with Crippen LogP contribution in [0, 0.1) is 5.41 Å². The molecule has 2 saturated heterocycles. The van der Waals surface area contributed by atoms with Gasteiger partial charge in [-0.25, -0.2) is 14.8 Å². The van der Waals surface area contributed by atoms with E-state index in [4.69, 9.17) is 19.6 Å².